The van der Waals surface area contributed by atoms with Crippen LogP contribution < -0.4 is 5.32 Å². The average Bonchev–Trinajstić information content (AvgIpc) is 3.06. The Labute approximate surface area is 152 Å². The zero-order valence-corrected chi connectivity index (χ0v) is 15.3. The third kappa shape index (κ3) is 4.04. The third-order valence-corrected chi connectivity index (χ3v) is 5.66. The van der Waals surface area contributed by atoms with Gasteiger partial charge in [-0.05, 0) is 18.1 Å². The van der Waals surface area contributed by atoms with Crippen LogP contribution >= 0.6 is 11.8 Å². The lowest BCUT2D eigenvalue weighted by Crippen LogP contribution is -2.47. The van der Waals surface area contributed by atoms with Crippen molar-refractivity contribution in [1.29, 1.82) is 0 Å². The second-order valence-electron chi connectivity index (χ2n) is 6.24. The number of amides is 2. The van der Waals surface area contributed by atoms with Gasteiger partial charge in [-0.2, -0.15) is 0 Å². The standard InChI is InChI=1S/C20H22N2O2S/c1-14-8-10-17(11-9-14)20-22(15(2)23)18(13-25-20)19(24)21-12-16-6-4-3-5-7-16/h3-11,18,20H,12-13H2,1-2H3,(H,21,24). The highest BCUT2D eigenvalue weighted by atomic mass is 32.2. The molecular weight excluding hydrogens is 332 g/mol. The molecule has 0 bridgehead atoms. The Balaban J connectivity index is 1.71. The SMILES string of the molecule is CC(=O)N1C(C(=O)NCc2ccccc2)CSC1c1ccc(C)cc1. The van der Waals surface area contributed by atoms with Gasteiger partial charge < -0.3 is 10.2 Å². The Kier molecular flexibility index (Phi) is 5.43. The average molecular weight is 354 g/mol. The number of carbonyl (C=O) groups excluding carboxylic acids is 2. The highest BCUT2D eigenvalue weighted by Gasteiger charge is 2.40. The van der Waals surface area contributed by atoms with Crippen LogP contribution in [0.1, 0.15) is 29.0 Å². The van der Waals surface area contributed by atoms with Crippen molar-refractivity contribution in [1.82, 2.24) is 10.2 Å². The summed E-state index contributed by atoms with van der Waals surface area (Å²) in [5.74, 6) is 0.440. The molecule has 0 aromatic heterocycles. The molecule has 3 rings (SSSR count). The quantitative estimate of drug-likeness (QED) is 0.917. The van der Waals surface area contributed by atoms with Crippen LogP contribution in [0, 0.1) is 6.92 Å². The number of benzene rings is 2. The Hall–Kier alpha value is -2.27. The van der Waals surface area contributed by atoms with Gasteiger partial charge in [0.25, 0.3) is 0 Å². The summed E-state index contributed by atoms with van der Waals surface area (Å²) in [4.78, 5) is 26.6. The lowest BCUT2D eigenvalue weighted by molar-refractivity contribution is -0.138. The molecule has 2 amide bonds. The fraction of sp³-hybridized carbons (Fsp3) is 0.300. The fourth-order valence-corrected chi connectivity index (χ4v) is 4.47. The van der Waals surface area contributed by atoms with E-state index in [2.05, 4.69) is 5.32 Å². The van der Waals surface area contributed by atoms with Crippen LogP contribution in [0.3, 0.4) is 0 Å². The van der Waals surface area contributed by atoms with Gasteiger partial charge in [0.05, 0.1) is 0 Å². The normalized spacial score (nSPS) is 19.7. The number of rotatable bonds is 4. The fourth-order valence-electron chi connectivity index (χ4n) is 2.98. The number of nitrogens with zero attached hydrogens (tertiary/aromatic N) is 1. The molecule has 25 heavy (non-hydrogen) atoms. The van der Waals surface area contributed by atoms with Crippen LogP contribution in [0.2, 0.25) is 0 Å². The minimum absolute atomic E-state index is 0.0737. The molecule has 0 aliphatic carbocycles. The van der Waals surface area contributed by atoms with Gasteiger partial charge in [-0.3, -0.25) is 9.59 Å². The molecule has 1 saturated heterocycles. The van der Waals surface area contributed by atoms with E-state index < -0.39 is 6.04 Å². The molecule has 1 heterocycles. The van der Waals surface area contributed by atoms with Crippen molar-refractivity contribution in [3.8, 4) is 0 Å². The molecule has 2 aromatic carbocycles. The first-order valence-corrected chi connectivity index (χ1v) is 9.40. The van der Waals surface area contributed by atoms with Crippen molar-refractivity contribution < 1.29 is 9.59 Å². The number of carbonyl (C=O) groups is 2. The van der Waals surface area contributed by atoms with Gasteiger partial charge in [-0.15, -0.1) is 11.8 Å². The summed E-state index contributed by atoms with van der Waals surface area (Å²) in [6.45, 7) is 4.04. The number of nitrogens with one attached hydrogen (secondary N) is 1. The molecule has 2 unspecified atom stereocenters. The maximum Gasteiger partial charge on any atom is 0.243 e. The molecule has 1 N–H and O–H groups in total. The van der Waals surface area contributed by atoms with Gasteiger partial charge >= 0.3 is 0 Å². The van der Waals surface area contributed by atoms with Crippen molar-refractivity contribution in [2.45, 2.75) is 31.8 Å². The van der Waals surface area contributed by atoms with E-state index in [9.17, 15) is 9.59 Å². The molecule has 0 radical (unpaired) electrons. The molecule has 2 aromatic rings. The molecule has 0 spiro atoms. The van der Waals surface area contributed by atoms with Gasteiger partial charge in [0.2, 0.25) is 11.8 Å². The first kappa shape index (κ1) is 17.5. The van der Waals surface area contributed by atoms with Crippen LogP contribution in [0.5, 0.6) is 0 Å². The van der Waals surface area contributed by atoms with Crippen LogP contribution in [0.15, 0.2) is 54.6 Å². The predicted octanol–water partition coefficient (Wildman–Crippen LogP) is 3.27. The van der Waals surface area contributed by atoms with Gasteiger partial charge in [-0.1, -0.05) is 60.2 Å². The van der Waals surface area contributed by atoms with Crippen molar-refractivity contribution in [2.75, 3.05) is 5.75 Å². The second-order valence-corrected chi connectivity index (χ2v) is 7.36. The van der Waals surface area contributed by atoms with Gasteiger partial charge in [0.1, 0.15) is 11.4 Å². The summed E-state index contributed by atoms with van der Waals surface area (Å²) in [5, 5.41) is 2.85. The third-order valence-electron chi connectivity index (χ3n) is 4.34. The molecular formula is C20H22N2O2S. The first-order chi connectivity index (χ1) is 12.1. The molecule has 5 heteroatoms. The van der Waals surface area contributed by atoms with E-state index in [1.54, 1.807) is 16.7 Å². The van der Waals surface area contributed by atoms with Gasteiger partial charge in [-0.25, -0.2) is 0 Å². The summed E-state index contributed by atoms with van der Waals surface area (Å²) in [7, 11) is 0. The Morgan fingerprint density at radius 1 is 1.12 bits per heavy atom. The van der Waals surface area contributed by atoms with Crippen molar-refractivity contribution >= 4 is 23.6 Å². The Bertz CT molecular complexity index is 746. The van der Waals surface area contributed by atoms with Crippen LogP contribution in [0.4, 0.5) is 0 Å². The smallest absolute Gasteiger partial charge is 0.243 e. The van der Waals surface area contributed by atoms with E-state index >= 15 is 0 Å². The van der Waals surface area contributed by atoms with E-state index in [0.29, 0.717) is 12.3 Å². The summed E-state index contributed by atoms with van der Waals surface area (Å²) in [6, 6.07) is 17.5. The lowest BCUT2D eigenvalue weighted by atomic mass is 10.1. The Morgan fingerprint density at radius 3 is 2.44 bits per heavy atom. The molecule has 1 aliphatic heterocycles. The summed E-state index contributed by atoms with van der Waals surface area (Å²) < 4.78 is 0. The van der Waals surface area contributed by atoms with Crippen LogP contribution in [0.25, 0.3) is 0 Å². The first-order valence-electron chi connectivity index (χ1n) is 8.35. The number of hydrogen-bond donors (Lipinski definition) is 1. The minimum Gasteiger partial charge on any atom is -0.350 e. The van der Waals surface area contributed by atoms with E-state index in [-0.39, 0.29) is 17.2 Å². The number of aryl methyl sites for hydroxylation is 1. The number of thioether (sulfide) groups is 1. The highest BCUT2D eigenvalue weighted by Crippen LogP contribution is 2.41. The molecule has 130 valence electrons. The molecule has 2 atom stereocenters. The molecule has 1 aliphatic rings. The predicted molar refractivity (Wildman–Crippen MR) is 101 cm³/mol. The van der Waals surface area contributed by atoms with Crippen molar-refractivity contribution in [2.24, 2.45) is 0 Å². The topological polar surface area (TPSA) is 49.4 Å². The second kappa shape index (κ2) is 7.74. The molecule has 0 saturated carbocycles. The van der Waals surface area contributed by atoms with Crippen LogP contribution in [-0.4, -0.2) is 28.5 Å². The number of hydrogen-bond acceptors (Lipinski definition) is 3. The van der Waals surface area contributed by atoms with E-state index in [1.807, 2.05) is 61.5 Å². The zero-order chi connectivity index (χ0) is 17.8. The van der Waals surface area contributed by atoms with E-state index in [1.165, 1.54) is 12.5 Å². The van der Waals surface area contributed by atoms with E-state index in [4.69, 9.17) is 0 Å². The minimum atomic E-state index is -0.433. The monoisotopic (exact) mass is 354 g/mol. The summed E-state index contributed by atoms with van der Waals surface area (Å²) >= 11 is 1.64. The van der Waals surface area contributed by atoms with E-state index in [0.717, 1.165) is 11.1 Å². The van der Waals surface area contributed by atoms with Crippen molar-refractivity contribution in [3.63, 3.8) is 0 Å². The van der Waals surface area contributed by atoms with Crippen LogP contribution in [-0.2, 0) is 16.1 Å². The highest BCUT2D eigenvalue weighted by molar-refractivity contribution is 7.99. The lowest BCUT2D eigenvalue weighted by Gasteiger charge is -2.28. The van der Waals surface area contributed by atoms with Gasteiger partial charge in [0, 0.05) is 19.2 Å². The summed E-state index contributed by atoms with van der Waals surface area (Å²) in [5.41, 5.74) is 3.29. The maximum absolute atomic E-state index is 12.6. The molecule has 1 fully saturated rings. The molecule has 4 nitrogen and oxygen atoms in total. The largest absolute Gasteiger partial charge is 0.350 e. The summed E-state index contributed by atoms with van der Waals surface area (Å²) in [6.07, 6.45) is 0. The maximum atomic E-state index is 12.6. The Morgan fingerprint density at radius 2 is 1.80 bits per heavy atom. The van der Waals surface area contributed by atoms with Crippen molar-refractivity contribution in [3.05, 3.63) is 71.3 Å². The zero-order valence-electron chi connectivity index (χ0n) is 14.4. The van der Waals surface area contributed by atoms with Gasteiger partial charge in [0.15, 0.2) is 0 Å².